The Kier molecular flexibility index (Phi) is 6.41. The molecule has 1 aromatic carbocycles. The third kappa shape index (κ3) is 4.50. The van der Waals surface area contributed by atoms with Gasteiger partial charge in [0.15, 0.2) is 14.9 Å². The van der Waals surface area contributed by atoms with E-state index in [9.17, 15) is 9.59 Å². The normalized spacial score (nSPS) is 14.3. The molecule has 138 valence electrons. The van der Waals surface area contributed by atoms with E-state index in [1.807, 2.05) is 6.26 Å². The highest BCUT2D eigenvalue weighted by molar-refractivity contribution is 8.00. The summed E-state index contributed by atoms with van der Waals surface area (Å²) in [6.07, 6.45) is 1.94. The van der Waals surface area contributed by atoms with Crippen molar-refractivity contribution in [2.24, 2.45) is 0 Å². The van der Waals surface area contributed by atoms with E-state index in [1.54, 1.807) is 33.8 Å². The Morgan fingerprint density at radius 1 is 1.31 bits per heavy atom. The van der Waals surface area contributed by atoms with Gasteiger partial charge < -0.3 is 14.4 Å². The quantitative estimate of drug-likeness (QED) is 0.425. The number of ether oxygens (including phenoxy) is 2. The van der Waals surface area contributed by atoms with E-state index in [0.29, 0.717) is 35.8 Å². The smallest absolute Gasteiger partial charge is 0.338 e. The Bertz CT molecular complexity index is 841. The molecule has 2 heterocycles. The van der Waals surface area contributed by atoms with Crippen molar-refractivity contribution in [1.82, 2.24) is 14.7 Å². The van der Waals surface area contributed by atoms with Crippen LogP contribution >= 0.6 is 35.3 Å². The molecule has 0 bridgehead atoms. The Balaban J connectivity index is 1.60. The van der Waals surface area contributed by atoms with E-state index in [-0.39, 0.29) is 12.5 Å². The average molecular weight is 412 g/mol. The van der Waals surface area contributed by atoms with Gasteiger partial charge in [0, 0.05) is 13.1 Å². The van der Waals surface area contributed by atoms with Crippen molar-refractivity contribution in [1.29, 1.82) is 0 Å². The fourth-order valence-corrected chi connectivity index (χ4v) is 4.14. The standard InChI is InChI=1S/C16H17N3O4S3/c1-25-15-17-19(16(24)26-15)12-4-2-11(3-5-12)14(21)23-10-13(20)18-6-8-22-9-7-18/h2-5H,6-10H2,1H3. The molecule has 26 heavy (non-hydrogen) atoms. The van der Waals surface area contributed by atoms with Crippen molar-refractivity contribution < 1.29 is 19.1 Å². The zero-order valence-corrected chi connectivity index (χ0v) is 16.5. The molecule has 1 saturated heterocycles. The molecule has 1 amide bonds. The van der Waals surface area contributed by atoms with Crippen LogP contribution in [0.3, 0.4) is 0 Å². The van der Waals surface area contributed by atoms with Gasteiger partial charge in [0.05, 0.1) is 24.5 Å². The topological polar surface area (TPSA) is 73.7 Å². The Morgan fingerprint density at radius 2 is 2.00 bits per heavy atom. The highest BCUT2D eigenvalue weighted by atomic mass is 32.2. The SMILES string of the molecule is CSc1nn(-c2ccc(C(=O)OCC(=O)N3CCOCC3)cc2)c(=S)s1. The van der Waals surface area contributed by atoms with E-state index in [0.717, 1.165) is 10.0 Å². The van der Waals surface area contributed by atoms with Crippen molar-refractivity contribution in [3.8, 4) is 5.69 Å². The van der Waals surface area contributed by atoms with Crippen molar-refractivity contribution in [3.63, 3.8) is 0 Å². The molecule has 0 spiro atoms. The minimum Gasteiger partial charge on any atom is -0.452 e. The van der Waals surface area contributed by atoms with Crippen LogP contribution in [0.25, 0.3) is 5.69 Å². The van der Waals surface area contributed by atoms with Gasteiger partial charge in [0.1, 0.15) is 0 Å². The van der Waals surface area contributed by atoms with Crippen molar-refractivity contribution in [2.75, 3.05) is 39.2 Å². The third-order valence-corrected chi connectivity index (χ3v) is 5.95. The number of rotatable bonds is 5. The zero-order valence-electron chi connectivity index (χ0n) is 14.0. The van der Waals surface area contributed by atoms with Crippen molar-refractivity contribution in [2.45, 2.75) is 4.34 Å². The lowest BCUT2D eigenvalue weighted by Gasteiger charge is -2.26. The molecule has 1 aliphatic rings. The summed E-state index contributed by atoms with van der Waals surface area (Å²) in [6, 6.07) is 6.77. The van der Waals surface area contributed by atoms with E-state index >= 15 is 0 Å². The number of morpholine rings is 1. The molecule has 0 radical (unpaired) electrons. The maximum atomic E-state index is 12.1. The predicted octanol–water partition coefficient (Wildman–Crippen LogP) is 2.40. The molecular weight excluding hydrogens is 394 g/mol. The molecule has 1 aromatic heterocycles. The van der Waals surface area contributed by atoms with Crippen LogP contribution in [0.4, 0.5) is 0 Å². The number of amides is 1. The number of nitrogens with zero attached hydrogens (tertiary/aromatic N) is 3. The highest BCUT2D eigenvalue weighted by Crippen LogP contribution is 2.22. The second kappa shape index (κ2) is 8.76. The fourth-order valence-electron chi connectivity index (χ4n) is 2.36. The second-order valence-corrected chi connectivity index (χ2v) is 8.04. The molecule has 3 rings (SSSR count). The predicted molar refractivity (Wildman–Crippen MR) is 102 cm³/mol. The number of esters is 1. The lowest BCUT2D eigenvalue weighted by atomic mass is 10.2. The summed E-state index contributed by atoms with van der Waals surface area (Å²) < 4.78 is 13.5. The zero-order chi connectivity index (χ0) is 18.5. The van der Waals surface area contributed by atoms with Crippen LogP contribution in [0.5, 0.6) is 0 Å². The molecule has 0 atom stereocenters. The van der Waals surface area contributed by atoms with Gasteiger partial charge in [-0.05, 0) is 42.7 Å². The average Bonchev–Trinajstić information content (AvgIpc) is 3.07. The van der Waals surface area contributed by atoms with E-state index in [2.05, 4.69) is 5.10 Å². The van der Waals surface area contributed by atoms with Crippen LogP contribution in [0, 0.1) is 3.95 Å². The van der Waals surface area contributed by atoms with Crippen molar-refractivity contribution >= 4 is 47.2 Å². The van der Waals surface area contributed by atoms with E-state index in [4.69, 9.17) is 21.7 Å². The fraction of sp³-hybridized carbons (Fsp3) is 0.375. The monoisotopic (exact) mass is 411 g/mol. The number of carbonyl (C=O) groups excluding carboxylic acids is 2. The Morgan fingerprint density at radius 3 is 2.62 bits per heavy atom. The molecule has 10 heteroatoms. The number of carbonyl (C=O) groups is 2. The van der Waals surface area contributed by atoms with Gasteiger partial charge in [0.2, 0.25) is 0 Å². The first-order valence-electron chi connectivity index (χ1n) is 7.85. The number of benzene rings is 1. The molecule has 0 N–H and O–H groups in total. The van der Waals surface area contributed by atoms with E-state index < -0.39 is 5.97 Å². The first-order chi connectivity index (χ1) is 12.6. The third-order valence-electron chi connectivity index (χ3n) is 3.74. The maximum absolute atomic E-state index is 12.1. The molecule has 1 fully saturated rings. The summed E-state index contributed by atoms with van der Waals surface area (Å²) in [6.45, 7) is 1.81. The summed E-state index contributed by atoms with van der Waals surface area (Å²) in [7, 11) is 0. The maximum Gasteiger partial charge on any atom is 0.338 e. The lowest BCUT2D eigenvalue weighted by molar-refractivity contribution is -0.138. The summed E-state index contributed by atoms with van der Waals surface area (Å²) in [4.78, 5) is 25.8. The Hall–Kier alpha value is -1.75. The highest BCUT2D eigenvalue weighted by Gasteiger charge is 2.19. The molecule has 0 saturated carbocycles. The van der Waals surface area contributed by atoms with Gasteiger partial charge in [-0.1, -0.05) is 23.1 Å². The second-order valence-electron chi connectivity index (χ2n) is 5.37. The molecule has 1 aliphatic heterocycles. The molecule has 0 unspecified atom stereocenters. The number of aromatic nitrogens is 2. The first kappa shape index (κ1) is 19.0. The molecule has 7 nitrogen and oxygen atoms in total. The van der Waals surface area contributed by atoms with Crippen LogP contribution in [-0.4, -0.2) is 65.7 Å². The van der Waals surface area contributed by atoms with Crippen LogP contribution in [-0.2, 0) is 14.3 Å². The van der Waals surface area contributed by atoms with Gasteiger partial charge >= 0.3 is 5.97 Å². The van der Waals surface area contributed by atoms with Gasteiger partial charge in [-0.15, -0.1) is 5.10 Å². The van der Waals surface area contributed by atoms with Gasteiger partial charge in [-0.3, -0.25) is 4.79 Å². The van der Waals surface area contributed by atoms with Crippen LogP contribution < -0.4 is 0 Å². The van der Waals surface area contributed by atoms with E-state index in [1.165, 1.54) is 23.1 Å². The summed E-state index contributed by atoms with van der Waals surface area (Å²) in [5.74, 6) is -0.749. The largest absolute Gasteiger partial charge is 0.452 e. The first-order valence-corrected chi connectivity index (χ1v) is 10.3. The number of hydrogen-bond acceptors (Lipinski definition) is 8. The minimum atomic E-state index is -0.537. The summed E-state index contributed by atoms with van der Waals surface area (Å²) in [5, 5.41) is 4.40. The number of hydrogen-bond donors (Lipinski definition) is 0. The summed E-state index contributed by atoms with van der Waals surface area (Å²) >= 11 is 8.26. The summed E-state index contributed by atoms with van der Waals surface area (Å²) in [5.41, 5.74) is 1.14. The van der Waals surface area contributed by atoms with Crippen molar-refractivity contribution in [3.05, 3.63) is 33.8 Å². The lowest BCUT2D eigenvalue weighted by Crippen LogP contribution is -2.42. The van der Waals surface area contributed by atoms with Gasteiger partial charge in [-0.25, -0.2) is 9.48 Å². The van der Waals surface area contributed by atoms with Gasteiger partial charge in [0.25, 0.3) is 5.91 Å². The number of thioether (sulfide) groups is 1. The van der Waals surface area contributed by atoms with Crippen LogP contribution in [0.15, 0.2) is 28.6 Å². The minimum absolute atomic E-state index is 0.211. The van der Waals surface area contributed by atoms with Crippen LogP contribution in [0.2, 0.25) is 0 Å². The Labute approximate surface area is 163 Å². The van der Waals surface area contributed by atoms with Gasteiger partial charge in [-0.2, -0.15) is 0 Å². The molecular formula is C16H17N3O4S3. The molecule has 0 aliphatic carbocycles. The molecule has 2 aromatic rings. The van der Waals surface area contributed by atoms with Crippen LogP contribution in [0.1, 0.15) is 10.4 Å².